The highest BCUT2D eigenvalue weighted by Crippen LogP contribution is 2.39. The number of carbonyl (C=O) groups excluding carboxylic acids is 3. The SMILES string of the molecule is CCOC(=O)c1ccc(C)c(NC(=O)c2ccc([C@H]3SCC(=O)N3Cc3ccco3)cc2)c1. The predicted molar refractivity (Wildman–Crippen MR) is 126 cm³/mol. The highest BCUT2D eigenvalue weighted by atomic mass is 32.2. The Hall–Kier alpha value is -3.52. The molecule has 0 bridgehead atoms. The van der Waals surface area contributed by atoms with Crippen LogP contribution >= 0.6 is 11.8 Å². The van der Waals surface area contributed by atoms with Crippen LogP contribution in [0.1, 0.15) is 49.9 Å². The molecule has 1 atom stereocenters. The molecule has 1 N–H and O–H groups in total. The molecule has 1 saturated heterocycles. The van der Waals surface area contributed by atoms with Crippen LogP contribution in [0.4, 0.5) is 5.69 Å². The van der Waals surface area contributed by atoms with Gasteiger partial charge < -0.3 is 19.4 Å². The molecule has 1 aliphatic heterocycles. The lowest BCUT2D eigenvalue weighted by molar-refractivity contribution is -0.128. The van der Waals surface area contributed by atoms with E-state index in [9.17, 15) is 14.4 Å². The maximum Gasteiger partial charge on any atom is 0.338 e. The minimum absolute atomic E-state index is 0.0557. The molecule has 170 valence electrons. The largest absolute Gasteiger partial charge is 0.467 e. The molecular weight excluding hydrogens is 440 g/mol. The van der Waals surface area contributed by atoms with E-state index in [2.05, 4.69) is 5.32 Å². The van der Waals surface area contributed by atoms with Crippen molar-refractivity contribution in [1.82, 2.24) is 4.90 Å². The molecule has 7 nitrogen and oxygen atoms in total. The number of carbonyl (C=O) groups is 3. The smallest absolute Gasteiger partial charge is 0.338 e. The second kappa shape index (κ2) is 9.95. The molecule has 8 heteroatoms. The van der Waals surface area contributed by atoms with Crippen molar-refractivity contribution >= 4 is 35.2 Å². The standard InChI is InChI=1S/C25H24N2O5S/c1-3-31-25(30)19-7-6-16(2)21(13-19)26-23(29)17-8-10-18(11-9-17)24-27(22(28)15-33-24)14-20-5-4-12-32-20/h4-13,24H,3,14-15H2,1-2H3,(H,26,29)/t24-/m1/s1. The number of esters is 1. The van der Waals surface area contributed by atoms with Crippen LogP contribution in [0.15, 0.2) is 65.3 Å². The first kappa shape index (κ1) is 22.7. The summed E-state index contributed by atoms with van der Waals surface area (Å²) in [5.74, 6) is 0.477. The quantitative estimate of drug-likeness (QED) is 0.506. The number of aryl methyl sites for hydroxylation is 1. The number of thioether (sulfide) groups is 1. The van der Waals surface area contributed by atoms with Crippen LogP contribution in [0.3, 0.4) is 0 Å². The lowest BCUT2D eigenvalue weighted by Crippen LogP contribution is -2.27. The van der Waals surface area contributed by atoms with Gasteiger partial charge in [-0.15, -0.1) is 11.8 Å². The van der Waals surface area contributed by atoms with E-state index >= 15 is 0 Å². The number of anilines is 1. The topological polar surface area (TPSA) is 88.8 Å². The number of hydrogen-bond acceptors (Lipinski definition) is 6. The molecular formula is C25H24N2O5S. The zero-order valence-corrected chi connectivity index (χ0v) is 19.2. The van der Waals surface area contributed by atoms with Gasteiger partial charge in [0.05, 0.1) is 30.7 Å². The average Bonchev–Trinajstić information content (AvgIpc) is 3.46. The minimum atomic E-state index is -0.430. The second-order valence-corrected chi connectivity index (χ2v) is 8.66. The van der Waals surface area contributed by atoms with E-state index in [1.807, 2.05) is 25.1 Å². The summed E-state index contributed by atoms with van der Waals surface area (Å²) in [4.78, 5) is 39.0. The monoisotopic (exact) mass is 464 g/mol. The first-order valence-electron chi connectivity index (χ1n) is 10.6. The summed E-state index contributed by atoms with van der Waals surface area (Å²) in [7, 11) is 0. The summed E-state index contributed by atoms with van der Waals surface area (Å²) in [6.45, 7) is 4.29. The first-order valence-corrected chi connectivity index (χ1v) is 11.6. The van der Waals surface area contributed by atoms with Crippen LogP contribution in [0.5, 0.6) is 0 Å². The predicted octanol–water partition coefficient (Wildman–Crippen LogP) is 4.79. The van der Waals surface area contributed by atoms with Crippen LogP contribution in [0.25, 0.3) is 0 Å². The van der Waals surface area contributed by atoms with Gasteiger partial charge in [0, 0.05) is 11.3 Å². The molecule has 0 spiro atoms. The Kier molecular flexibility index (Phi) is 6.84. The van der Waals surface area contributed by atoms with Crippen LogP contribution in [0.2, 0.25) is 0 Å². The van der Waals surface area contributed by atoms with Crippen molar-refractivity contribution in [3.63, 3.8) is 0 Å². The number of amides is 2. The third kappa shape index (κ3) is 5.12. The van der Waals surface area contributed by atoms with Gasteiger partial charge >= 0.3 is 5.97 Å². The summed E-state index contributed by atoms with van der Waals surface area (Å²) >= 11 is 1.55. The summed E-state index contributed by atoms with van der Waals surface area (Å²) in [5, 5.41) is 2.73. The average molecular weight is 465 g/mol. The number of furan rings is 1. The zero-order valence-electron chi connectivity index (χ0n) is 18.4. The van der Waals surface area contributed by atoms with Gasteiger partial charge in [0.2, 0.25) is 5.91 Å². The van der Waals surface area contributed by atoms with Gasteiger partial charge in [-0.1, -0.05) is 18.2 Å². The summed E-state index contributed by atoms with van der Waals surface area (Å²) in [6, 6.07) is 15.9. The second-order valence-electron chi connectivity index (χ2n) is 7.59. The Morgan fingerprint density at radius 3 is 2.61 bits per heavy atom. The minimum Gasteiger partial charge on any atom is -0.467 e. The van der Waals surface area contributed by atoms with E-state index in [1.54, 1.807) is 66.2 Å². The molecule has 0 unspecified atom stereocenters. The Labute approximate surface area is 196 Å². The molecule has 2 amide bonds. The third-order valence-corrected chi connectivity index (χ3v) is 6.59. The first-order chi connectivity index (χ1) is 16.0. The number of benzene rings is 2. The fraction of sp³-hybridized carbons (Fsp3) is 0.240. The van der Waals surface area contributed by atoms with Crippen LogP contribution in [-0.4, -0.2) is 35.0 Å². The maximum atomic E-state index is 12.8. The van der Waals surface area contributed by atoms with Crippen molar-refractivity contribution in [2.24, 2.45) is 0 Å². The van der Waals surface area contributed by atoms with Crippen molar-refractivity contribution in [3.05, 3.63) is 88.9 Å². The molecule has 0 aliphatic carbocycles. The van der Waals surface area contributed by atoms with E-state index < -0.39 is 5.97 Å². The van der Waals surface area contributed by atoms with E-state index in [4.69, 9.17) is 9.15 Å². The van der Waals surface area contributed by atoms with E-state index in [0.29, 0.717) is 29.1 Å². The Morgan fingerprint density at radius 2 is 1.91 bits per heavy atom. The molecule has 1 fully saturated rings. The van der Waals surface area contributed by atoms with Crippen molar-refractivity contribution in [1.29, 1.82) is 0 Å². The summed E-state index contributed by atoms with van der Waals surface area (Å²) in [5.41, 5.74) is 3.19. The molecule has 0 saturated carbocycles. The summed E-state index contributed by atoms with van der Waals surface area (Å²) < 4.78 is 10.4. The Balaban J connectivity index is 1.47. The van der Waals surface area contributed by atoms with Gasteiger partial charge in [-0.2, -0.15) is 0 Å². The van der Waals surface area contributed by atoms with Gasteiger partial charge in [-0.25, -0.2) is 4.79 Å². The molecule has 1 aliphatic rings. The maximum absolute atomic E-state index is 12.8. The van der Waals surface area contributed by atoms with Crippen molar-refractivity contribution in [2.45, 2.75) is 25.8 Å². The normalized spacial score (nSPS) is 15.5. The van der Waals surface area contributed by atoms with Crippen molar-refractivity contribution in [2.75, 3.05) is 17.7 Å². The molecule has 1 aromatic heterocycles. The van der Waals surface area contributed by atoms with E-state index in [-0.39, 0.29) is 23.8 Å². The fourth-order valence-corrected chi connectivity index (χ4v) is 4.75. The molecule has 2 aromatic carbocycles. The van der Waals surface area contributed by atoms with Gasteiger partial charge in [-0.3, -0.25) is 9.59 Å². The van der Waals surface area contributed by atoms with Crippen molar-refractivity contribution < 1.29 is 23.5 Å². The highest BCUT2D eigenvalue weighted by molar-refractivity contribution is 8.00. The number of nitrogens with one attached hydrogen (secondary N) is 1. The number of ether oxygens (including phenoxy) is 1. The molecule has 3 aromatic rings. The van der Waals surface area contributed by atoms with Crippen molar-refractivity contribution in [3.8, 4) is 0 Å². The van der Waals surface area contributed by atoms with E-state index in [0.717, 1.165) is 16.9 Å². The Bertz CT molecular complexity index is 1160. The fourth-order valence-electron chi connectivity index (χ4n) is 3.56. The lowest BCUT2D eigenvalue weighted by atomic mass is 10.1. The highest BCUT2D eigenvalue weighted by Gasteiger charge is 2.33. The van der Waals surface area contributed by atoms with E-state index in [1.165, 1.54) is 0 Å². The third-order valence-electron chi connectivity index (χ3n) is 5.33. The van der Waals surface area contributed by atoms with Crippen LogP contribution in [0, 0.1) is 6.92 Å². The molecule has 2 heterocycles. The molecule has 0 radical (unpaired) electrons. The molecule has 4 rings (SSSR count). The Morgan fingerprint density at radius 1 is 1.15 bits per heavy atom. The number of rotatable bonds is 7. The van der Waals surface area contributed by atoms with Gasteiger partial charge in [0.1, 0.15) is 11.1 Å². The van der Waals surface area contributed by atoms with Gasteiger partial charge in [0.25, 0.3) is 5.91 Å². The van der Waals surface area contributed by atoms with Gasteiger partial charge in [-0.05, 0) is 61.4 Å². The lowest BCUT2D eigenvalue weighted by Gasteiger charge is -2.23. The van der Waals surface area contributed by atoms with Gasteiger partial charge in [0.15, 0.2) is 0 Å². The summed E-state index contributed by atoms with van der Waals surface area (Å²) in [6.07, 6.45) is 1.59. The number of hydrogen-bond donors (Lipinski definition) is 1. The van der Waals surface area contributed by atoms with Crippen LogP contribution < -0.4 is 5.32 Å². The number of nitrogens with zero attached hydrogens (tertiary/aromatic N) is 1. The van der Waals surface area contributed by atoms with Crippen LogP contribution in [-0.2, 0) is 16.1 Å². The zero-order chi connectivity index (χ0) is 23.4. The molecule has 33 heavy (non-hydrogen) atoms.